The van der Waals surface area contributed by atoms with E-state index in [2.05, 4.69) is 6.92 Å². The molecular formula is C16H35NO5. The van der Waals surface area contributed by atoms with E-state index in [4.69, 9.17) is 20.0 Å². The highest BCUT2D eigenvalue weighted by atomic mass is 17.2. The van der Waals surface area contributed by atoms with Gasteiger partial charge in [0.05, 0.1) is 33.0 Å². The minimum absolute atomic E-state index is 0.00584. The molecule has 1 atom stereocenters. The van der Waals surface area contributed by atoms with Crippen molar-refractivity contribution in [3.05, 3.63) is 0 Å². The number of aliphatic hydroxyl groups excluding tert-OH is 3. The van der Waals surface area contributed by atoms with Gasteiger partial charge in [-0.1, -0.05) is 39.0 Å². The molecule has 134 valence electrons. The number of nitrogens with zero attached hydrogens (tertiary/aromatic N) is 1. The molecule has 6 nitrogen and oxygen atoms in total. The van der Waals surface area contributed by atoms with Crippen LogP contribution in [-0.2, 0) is 9.78 Å². The molecular weight excluding hydrogens is 286 g/mol. The SMILES string of the molecule is CCCCCCCCOOCCC(CO)N(CCO)CCO. The van der Waals surface area contributed by atoms with E-state index in [1.165, 1.54) is 32.1 Å². The van der Waals surface area contributed by atoms with Crippen LogP contribution in [0.3, 0.4) is 0 Å². The van der Waals surface area contributed by atoms with Gasteiger partial charge in [-0.05, 0) is 12.8 Å². The van der Waals surface area contributed by atoms with E-state index in [1.54, 1.807) is 0 Å². The number of hydrogen-bond donors (Lipinski definition) is 3. The van der Waals surface area contributed by atoms with Gasteiger partial charge in [0.1, 0.15) is 0 Å². The van der Waals surface area contributed by atoms with E-state index >= 15 is 0 Å². The van der Waals surface area contributed by atoms with Crippen LogP contribution in [0.5, 0.6) is 0 Å². The highest BCUT2D eigenvalue weighted by Gasteiger charge is 2.16. The highest BCUT2D eigenvalue weighted by Crippen LogP contribution is 2.06. The molecule has 0 saturated heterocycles. The van der Waals surface area contributed by atoms with Crippen LogP contribution in [0.25, 0.3) is 0 Å². The fourth-order valence-corrected chi connectivity index (χ4v) is 2.37. The van der Waals surface area contributed by atoms with Crippen molar-refractivity contribution in [3.63, 3.8) is 0 Å². The molecule has 22 heavy (non-hydrogen) atoms. The van der Waals surface area contributed by atoms with Gasteiger partial charge < -0.3 is 15.3 Å². The summed E-state index contributed by atoms with van der Waals surface area (Å²) in [5, 5.41) is 27.4. The summed E-state index contributed by atoms with van der Waals surface area (Å²) >= 11 is 0. The summed E-state index contributed by atoms with van der Waals surface area (Å²) in [6, 6.07) is -0.128. The second-order valence-corrected chi connectivity index (χ2v) is 5.52. The topological polar surface area (TPSA) is 82.4 Å². The molecule has 0 spiro atoms. The van der Waals surface area contributed by atoms with Crippen molar-refractivity contribution in [2.75, 3.05) is 46.1 Å². The minimum Gasteiger partial charge on any atom is -0.395 e. The third-order valence-corrected chi connectivity index (χ3v) is 3.70. The predicted octanol–water partition coefficient (Wildman–Crippen LogP) is 1.33. The van der Waals surface area contributed by atoms with Crippen LogP contribution in [-0.4, -0.2) is 72.4 Å². The Labute approximate surface area is 135 Å². The molecule has 0 amide bonds. The van der Waals surface area contributed by atoms with Gasteiger partial charge >= 0.3 is 0 Å². The summed E-state index contributed by atoms with van der Waals surface area (Å²) in [5.74, 6) is 0. The van der Waals surface area contributed by atoms with E-state index in [0.29, 0.717) is 32.7 Å². The molecule has 1 unspecified atom stereocenters. The van der Waals surface area contributed by atoms with Gasteiger partial charge in [-0.2, -0.15) is 0 Å². The van der Waals surface area contributed by atoms with Crippen LogP contribution in [0.1, 0.15) is 51.9 Å². The normalized spacial score (nSPS) is 13.0. The van der Waals surface area contributed by atoms with E-state index in [1.807, 2.05) is 4.90 Å². The first-order valence-electron chi connectivity index (χ1n) is 8.61. The number of hydrogen-bond acceptors (Lipinski definition) is 6. The summed E-state index contributed by atoms with van der Waals surface area (Å²) in [4.78, 5) is 12.1. The van der Waals surface area contributed by atoms with Gasteiger partial charge in [0, 0.05) is 19.1 Å². The van der Waals surface area contributed by atoms with Gasteiger partial charge in [0.25, 0.3) is 0 Å². The molecule has 3 N–H and O–H groups in total. The first-order chi connectivity index (χ1) is 10.8. The number of rotatable bonds is 17. The number of unbranched alkanes of at least 4 members (excludes halogenated alkanes) is 5. The summed E-state index contributed by atoms with van der Waals surface area (Å²) in [7, 11) is 0. The Bertz CT molecular complexity index is 213. The van der Waals surface area contributed by atoms with Crippen LogP contribution in [0.15, 0.2) is 0 Å². The Morgan fingerprint density at radius 2 is 1.41 bits per heavy atom. The van der Waals surface area contributed by atoms with E-state index in [0.717, 1.165) is 6.42 Å². The zero-order valence-electron chi connectivity index (χ0n) is 14.1. The van der Waals surface area contributed by atoms with Crippen molar-refractivity contribution in [1.29, 1.82) is 0 Å². The minimum atomic E-state index is -0.128. The Hall–Kier alpha value is -0.240. The average molecular weight is 321 g/mol. The van der Waals surface area contributed by atoms with Crippen molar-refractivity contribution in [2.45, 2.75) is 57.9 Å². The molecule has 0 heterocycles. The van der Waals surface area contributed by atoms with Crippen molar-refractivity contribution in [1.82, 2.24) is 4.90 Å². The van der Waals surface area contributed by atoms with Crippen molar-refractivity contribution in [2.24, 2.45) is 0 Å². The zero-order valence-corrected chi connectivity index (χ0v) is 14.1. The predicted molar refractivity (Wildman–Crippen MR) is 86.5 cm³/mol. The van der Waals surface area contributed by atoms with Crippen LogP contribution in [0, 0.1) is 0 Å². The molecule has 0 rings (SSSR count). The molecule has 0 aliphatic carbocycles. The van der Waals surface area contributed by atoms with E-state index in [9.17, 15) is 5.11 Å². The second-order valence-electron chi connectivity index (χ2n) is 5.52. The molecule has 0 aliphatic rings. The third-order valence-electron chi connectivity index (χ3n) is 3.70. The Balaban J connectivity index is 3.57. The van der Waals surface area contributed by atoms with Crippen molar-refractivity contribution in [3.8, 4) is 0 Å². The van der Waals surface area contributed by atoms with Gasteiger partial charge in [0.2, 0.25) is 0 Å². The lowest BCUT2D eigenvalue weighted by molar-refractivity contribution is -0.296. The quantitative estimate of drug-likeness (QED) is 0.213. The average Bonchev–Trinajstić information content (AvgIpc) is 2.53. The third kappa shape index (κ3) is 12.3. The Kier molecular flexibility index (Phi) is 16.9. The van der Waals surface area contributed by atoms with E-state index in [-0.39, 0.29) is 25.9 Å². The van der Waals surface area contributed by atoms with Crippen molar-refractivity contribution >= 4 is 0 Å². The highest BCUT2D eigenvalue weighted by molar-refractivity contribution is 4.70. The lowest BCUT2D eigenvalue weighted by Crippen LogP contribution is -2.42. The van der Waals surface area contributed by atoms with Crippen LogP contribution in [0.2, 0.25) is 0 Å². The fraction of sp³-hybridized carbons (Fsp3) is 1.00. The molecule has 0 radical (unpaired) electrons. The largest absolute Gasteiger partial charge is 0.395 e. The Morgan fingerprint density at radius 1 is 0.818 bits per heavy atom. The van der Waals surface area contributed by atoms with E-state index < -0.39 is 0 Å². The monoisotopic (exact) mass is 321 g/mol. The lowest BCUT2D eigenvalue weighted by atomic mass is 10.1. The maximum Gasteiger partial charge on any atom is 0.0838 e. The molecule has 0 aliphatic heterocycles. The van der Waals surface area contributed by atoms with Gasteiger partial charge in [-0.3, -0.25) is 4.90 Å². The molecule has 0 aromatic carbocycles. The van der Waals surface area contributed by atoms with Crippen LogP contribution < -0.4 is 0 Å². The first-order valence-corrected chi connectivity index (χ1v) is 8.61. The molecule has 0 aromatic heterocycles. The summed E-state index contributed by atoms with van der Waals surface area (Å²) in [6.45, 7) is 4.06. The standard InChI is InChI=1S/C16H35NO5/c1-2-3-4-5-6-7-13-21-22-14-8-16(15-20)17(9-11-18)10-12-19/h16,18-20H,2-15H2,1H3. The molecule has 0 aromatic rings. The summed E-state index contributed by atoms with van der Waals surface area (Å²) < 4.78 is 0. The maximum atomic E-state index is 9.39. The van der Waals surface area contributed by atoms with Crippen LogP contribution in [0.4, 0.5) is 0 Å². The summed E-state index contributed by atoms with van der Waals surface area (Å²) in [6.07, 6.45) is 7.89. The molecule has 0 fully saturated rings. The smallest absolute Gasteiger partial charge is 0.0838 e. The first kappa shape index (κ1) is 21.8. The molecule has 0 saturated carbocycles. The van der Waals surface area contributed by atoms with Gasteiger partial charge in [-0.15, -0.1) is 0 Å². The fourth-order valence-electron chi connectivity index (χ4n) is 2.37. The zero-order chi connectivity index (χ0) is 16.5. The molecule has 0 bridgehead atoms. The lowest BCUT2D eigenvalue weighted by Gasteiger charge is -2.28. The number of aliphatic hydroxyl groups is 3. The van der Waals surface area contributed by atoms with Gasteiger partial charge in [-0.25, -0.2) is 9.78 Å². The van der Waals surface area contributed by atoms with Crippen LogP contribution >= 0.6 is 0 Å². The second kappa shape index (κ2) is 17.1. The molecule has 6 heteroatoms. The van der Waals surface area contributed by atoms with Crippen molar-refractivity contribution < 1.29 is 25.1 Å². The maximum absolute atomic E-state index is 9.39. The Morgan fingerprint density at radius 3 is 2.00 bits per heavy atom. The summed E-state index contributed by atoms with van der Waals surface area (Å²) in [5.41, 5.74) is 0. The van der Waals surface area contributed by atoms with Gasteiger partial charge in [0.15, 0.2) is 0 Å².